The number of para-hydroxylation sites is 4. The summed E-state index contributed by atoms with van der Waals surface area (Å²) in [6.07, 6.45) is 6.62. The van der Waals surface area contributed by atoms with Crippen molar-refractivity contribution in [3.05, 3.63) is 204 Å². The summed E-state index contributed by atoms with van der Waals surface area (Å²) in [5.74, 6) is -1.11. The number of hydrogen-bond donors (Lipinski definition) is 2. The second-order valence-corrected chi connectivity index (χ2v) is 26.3. The zero-order valence-corrected chi connectivity index (χ0v) is 54.5. The Hall–Kier alpha value is -5.41. The van der Waals surface area contributed by atoms with Gasteiger partial charge in [-0.1, -0.05) is 177 Å². The number of fused-ring (bicyclic) bond motifs is 6. The van der Waals surface area contributed by atoms with E-state index in [1.165, 1.54) is 0 Å². The van der Waals surface area contributed by atoms with Crippen LogP contribution in [-0.2, 0) is 36.0 Å². The molecule has 0 aliphatic heterocycles. The molecule has 2 heterocycles. The molecule has 1 aliphatic carbocycles. The summed E-state index contributed by atoms with van der Waals surface area (Å²) >= 11 is 13.9. The van der Waals surface area contributed by atoms with Crippen molar-refractivity contribution in [2.75, 3.05) is 13.2 Å². The summed E-state index contributed by atoms with van der Waals surface area (Å²) in [4.78, 5) is 0. The van der Waals surface area contributed by atoms with Gasteiger partial charge in [-0.25, -0.2) is 0 Å². The minimum absolute atomic E-state index is 0. The average molecular weight is 1270 g/mol. The van der Waals surface area contributed by atoms with Crippen molar-refractivity contribution < 1.29 is 45.5 Å². The van der Waals surface area contributed by atoms with Crippen LogP contribution in [0.5, 0.6) is 11.5 Å². The van der Waals surface area contributed by atoms with Crippen molar-refractivity contribution in [1.29, 1.82) is 0 Å². The fourth-order valence-electron chi connectivity index (χ4n) is 13.0. The number of aliphatic hydroxyl groups is 1. The summed E-state index contributed by atoms with van der Waals surface area (Å²) in [6.45, 7) is 27.3. The maximum Gasteiger partial charge on any atom is 0.218 e. The molecule has 10 rings (SSSR count). The Bertz CT molecular complexity index is 3680. The summed E-state index contributed by atoms with van der Waals surface area (Å²) < 4.78 is 18.5. The first kappa shape index (κ1) is 62.2. The van der Waals surface area contributed by atoms with Crippen LogP contribution in [0.2, 0.25) is 10.0 Å². The molecule has 2 atom stereocenters. The molecule has 6 nitrogen and oxygen atoms in total. The van der Waals surface area contributed by atoms with E-state index in [1.807, 2.05) is 38.1 Å². The number of aromatic nitrogens is 2. The van der Waals surface area contributed by atoms with E-state index in [4.69, 9.17) is 32.7 Å². The molecule has 0 saturated heterocycles. The number of benzene rings is 7. The number of hydrogen-bond acceptors (Lipinski definition) is 4. The van der Waals surface area contributed by atoms with E-state index in [1.54, 1.807) is 0 Å². The Kier molecular flexibility index (Phi) is 18.2. The topological polar surface area (TPSA) is 68.8 Å². The van der Waals surface area contributed by atoms with Gasteiger partial charge in [0, 0.05) is 91.6 Å². The van der Waals surface area contributed by atoms with Crippen LogP contribution in [0.25, 0.3) is 66.0 Å². The van der Waals surface area contributed by atoms with E-state index in [2.05, 4.69) is 206 Å². The molecule has 0 saturated carbocycles. The Morgan fingerprint density at radius 1 is 0.588 bits per heavy atom. The van der Waals surface area contributed by atoms with Crippen LogP contribution < -0.4 is 4.74 Å². The Balaban J connectivity index is 0.00000308. The van der Waals surface area contributed by atoms with Gasteiger partial charge in [-0.05, 0) is 143 Å². The van der Waals surface area contributed by atoms with Gasteiger partial charge in [0.2, 0.25) is 5.79 Å². The van der Waals surface area contributed by atoms with Crippen molar-refractivity contribution in [2.24, 2.45) is 16.2 Å². The third-order valence-electron chi connectivity index (χ3n) is 15.5. The van der Waals surface area contributed by atoms with Crippen LogP contribution in [0.15, 0.2) is 157 Å². The number of halogens is 2. The number of aryl methyl sites for hydroxylation is 2. The standard InChI is InChI=1S/C69H74Cl2N2O4.2CH3.Hf/c1-43-32-45(35-48(70)33-43)56-37-47(68(11,12)42-66(6,7)8)39-62(73-59-28-19-15-24-52(59)53-25-16-20-29-60(53)73)69(56,75)77-31-21-30-76-64-44(2)34-49(71)40-55(64)54-36-46(67(9,10)41-65(3,4)5)38-61(63(54)74)72-57-26-17-13-22-50(57)51-23-14-18-27-58(51)72;;;/h13-20,22-29,32-40,62,74-75H,21,30-31,41-42H2,1-12H3;2*1H3;/q;2*-1;. The van der Waals surface area contributed by atoms with Crippen LogP contribution in [-0.4, -0.2) is 38.3 Å². The molecule has 2 unspecified atom stereocenters. The fourth-order valence-corrected chi connectivity index (χ4v) is 13.6. The van der Waals surface area contributed by atoms with E-state index in [9.17, 15) is 10.2 Å². The van der Waals surface area contributed by atoms with Gasteiger partial charge in [0.05, 0.1) is 29.9 Å². The number of aromatic hydroxyl groups is 1. The summed E-state index contributed by atoms with van der Waals surface area (Å²) in [5.41, 5.74) is 11.0. The minimum atomic E-state index is -1.86. The van der Waals surface area contributed by atoms with Crippen molar-refractivity contribution in [1.82, 2.24) is 9.13 Å². The Labute approximate surface area is 505 Å². The predicted molar refractivity (Wildman–Crippen MR) is 337 cm³/mol. The molecular weight excluding hydrogens is 1190 g/mol. The maximum absolute atomic E-state index is 13.9. The molecule has 418 valence electrons. The zero-order valence-electron chi connectivity index (χ0n) is 49.4. The van der Waals surface area contributed by atoms with Gasteiger partial charge in [-0.15, -0.1) is 0 Å². The van der Waals surface area contributed by atoms with Gasteiger partial charge in [-0.3, -0.25) is 0 Å². The van der Waals surface area contributed by atoms with Crippen LogP contribution in [0.1, 0.15) is 117 Å². The van der Waals surface area contributed by atoms with Gasteiger partial charge in [0.15, 0.2) is 0 Å². The predicted octanol–water partition coefficient (Wildman–Crippen LogP) is 20.0. The first-order chi connectivity index (χ1) is 36.3. The van der Waals surface area contributed by atoms with Crippen LogP contribution >= 0.6 is 23.2 Å². The van der Waals surface area contributed by atoms with E-state index in [0.29, 0.717) is 44.6 Å². The zero-order chi connectivity index (χ0) is 55.0. The molecule has 80 heavy (non-hydrogen) atoms. The van der Waals surface area contributed by atoms with Crippen molar-refractivity contribution in [3.8, 4) is 28.3 Å². The molecule has 0 amide bonds. The van der Waals surface area contributed by atoms with Crippen molar-refractivity contribution >= 4 is 72.4 Å². The summed E-state index contributed by atoms with van der Waals surface area (Å²) in [5, 5.41) is 32.3. The molecule has 2 aromatic heterocycles. The third-order valence-corrected chi connectivity index (χ3v) is 15.9. The molecule has 0 spiro atoms. The first-order valence-electron chi connectivity index (χ1n) is 27.2. The number of phenolic OH excluding ortho intramolecular Hbond substituents is 1. The summed E-state index contributed by atoms with van der Waals surface area (Å²) in [6, 6.07) is 47.0. The molecule has 2 N–H and O–H groups in total. The molecule has 0 bridgehead atoms. The molecule has 0 fully saturated rings. The maximum atomic E-state index is 13.9. The largest absolute Gasteiger partial charge is 0.505 e. The normalized spacial score (nSPS) is 16.1. The van der Waals surface area contributed by atoms with Crippen molar-refractivity contribution in [2.45, 2.75) is 120 Å². The van der Waals surface area contributed by atoms with E-state index < -0.39 is 11.8 Å². The molecule has 1 aliphatic rings. The molecule has 0 radical (unpaired) electrons. The minimum Gasteiger partial charge on any atom is -0.505 e. The van der Waals surface area contributed by atoms with Gasteiger partial charge in [0.1, 0.15) is 17.5 Å². The second-order valence-electron chi connectivity index (χ2n) is 25.4. The second kappa shape index (κ2) is 23.5. The van der Waals surface area contributed by atoms with Gasteiger partial charge in [-0.2, -0.15) is 0 Å². The van der Waals surface area contributed by atoms with Crippen molar-refractivity contribution in [3.63, 3.8) is 0 Å². The number of ether oxygens (including phenoxy) is 2. The SMILES string of the molecule is Cc1cc(Cl)cc(C2=CC(C(C)(C)CC(C)(C)C)=CC(n3c4ccccc4c4ccccc43)C2(O)OCCCOc2c(C)cc(Cl)cc2-c2cc(C(C)(C)CC(C)(C)C)cc(-n3c4ccccc4c4ccccc43)c2O)c1.[CH3-].[CH3-].[Hf]. The van der Waals surface area contributed by atoms with Crippen LogP contribution in [0.3, 0.4) is 0 Å². The Morgan fingerprint density at radius 2 is 1.09 bits per heavy atom. The van der Waals surface area contributed by atoms with Gasteiger partial charge < -0.3 is 43.7 Å². The van der Waals surface area contributed by atoms with Crippen LogP contribution in [0, 0.1) is 44.9 Å². The first-order valence-corrected chi connectivity index (χ1v) is 27.9. The number of rotatable bonds is 14. The molecule has 9 aromatic rings. The molecule has 9 heteroatoms. The van der Waals surface area contributed by atoms with Crippen LogP contribution in [0.4, 0.5) is 0 Å². The molecular formula is C71H80Cl2HfN2O4-2. The smallest absolute Gasteiger partial charge is 0.218 e. The fraction of sp³-hybridized carbons (Fsp3) is 0.324. The Morgan fingerprint density at radius 3 is 1.62 bits per heavy atom. The molecule has 7 aromatic carbocycles. The van der Waals surface area contributed by atoms with Gasteiger partial charge >= 0.3 is 0 Å². The number of allylic oxidation sites excluding steroid dienone is 2. The average Bonchev–Trinajstić information content (AvgIpc) is 3.90. The van der Waals surface area contributed by atoms with E-state index in [-0.39, 0.29) is 81.3 Å². The van der Waals surface area contributed by atoms with Gasteiger partial charge in [0.25, 0.3) is 0 Å². The summed E-state index contributed by atoms with van der Waals surface area (Å²) in [7, 11) is 0. The third kappa shape index (κ3) is 12.1. The number of phenols is 1. The number of nitrogens with zero attached hydrogens (tertiary/aromatic N) is 2. The van der Waals surface area contributed by atoms with E-state index in [0.717, 1.165) is 84.3 Å². The monoisotopic (exact) mass is 1270 g/mol. The van der Waals surface area contributed by atoms with E-state index >= 15 is 0 Å². The quantitative estimate of drug-likeness (QED) is 0.0493.